The molecule has 1 aromatic carbocycles. The summed E-state index contributed by atoms with van der Waals surface area (Å²) in [4.78, 5) is 0. The molecule has 1 aliphatic rings. The van der Waals surface area contributed by atoms with Gasteiger partial charge < -0.3 is 10.1 Å². The zero-order valence-electron chi connectivity index (χ0n) is 8.00. The lowest BCUT2D eigenvalue weighted by atomic mass is 10.1. The highest BCUT2D eigenvalue weighted by atomic mass is 127. The van der Waals surface area contributed by atoms with Crippen LogP contribution in [0.2, 0.25) is 0 Å². The molecule has 0 aliphatic carbocycles. The smallest absolute Gasteiger partial charge is 0.119 e. The molecule has 0 amide bonds. The van der Waals surface area contributed by atoms with Crippen molar-refractivity contribution < 1.29 is 4.74 Å². The minimum Gasteiger partial charge on any atom is -0.493 e. The summed E-state index contributed by atoms with van der Waals surface area (Å²) in [6.45, 7) is 3.08. The highest BCUT2D eigenvalue weighted by molar-refractivity contribution is 14.1. The molecule has 1 heterocycles. The van der Waals surface area contributed by atoms with E-state index in [4.69, 9.17) is 4.74 Å². The van der Waals surface area contributed by atoms with E-state index in [9.17, 15) is 0 Å². The van der Waals surface area contributed by atoms with Crippen LogP contribution in [0.1, 0.15) is 6.42 Å². The predicted molar refractivity (Wildman–Crippen MR) is 65.6 cm³/mol. The van der Waals surface area contributed by atoms with Crippen molar-refractivity contribution in [2.45, 2.75) is 6.42 Å². The molecule has 3 heteroatoms. The highest BCUT2D eigenvalue weighted by Gasteiger charge is 2.14. The van der Waals surface area contributed by atoms with Gasteiger partial charge in [0.05, 0.1) is 6.61 Å². The van der Waals surface area contributed by atoms with Crippen molar-refractivity contribution in [1.82, 2.24) is 5.32 Å². The van der Waals surface area contributed by atoms with Crippen molar-refractivity contribution in [3.63, 3.8) is 0 Å². The second-order valence-corrected chi connectivity index (χ2v) is 4.87. The minimum atomic E-state index is 0.689. The summed E-state index contributed by atoms with van der Waals surface area (Å²) in [5.74, 6) is 1.67. The van der Waals surface area contributed by atoms with E-state index in [1.165, 1.54) is 9.99 Å². The molecular weight excluding hydrogens is 289 g/mol. The third kappa shape index (κ3) is 2.85. The van der Waals surface area contributed by atoms with Crippen LogP contribution in [0.5, 0.6) is 5.75 Å². The van der Waals surface area contributed by atoms with Crippen LogP contribution in [0.15, 0.2) is 24.3 Å². The molecule has 1 fully saturated rings. The highest BCUT2D eigenvalue weighted by Crippen LogP contribution is 2.15. The van der Waals surface area contributed by atoms with E-state index in [-0.39, 0.29) is 0 Å². The van der Waals surface area contributed by atoms with Crippen molar-refractivity contribution >= 4 is 22.6 Å². The zero-order chi connectivity index (χ0) is 9.80. The summed E-state index contributed by atoms with van der Waals surface area (Å²) >= 11 is 2.30. The number of rotatable bonds is 3. The predicted octanol–water partition coefficient (Wildman–Crippen LogP) is 2.28. The average molecular weight is 303 g/mol. The van der Waals surface area contributed by atoms with Crippen molar-refractivity contribution in [1.29, 1.82) is 0 Å². The first-order chi connectivity index (χ1) is 6.84. The second-order valence-electron chi connectivity index (χ2n) is 3.62. The van der Waals surface area contributed by atoms with Gasteiger partial charge >= 0.3 is 0 Å². The van der Waals surface area contributed by atoms with Crippen LogP contribution in [0.4, 0.5) is 0 Å². The molecule has 0 saturated carbocycles. The minimum absolute atomic E-state index is 0.689. The molecule has 1 aromatic rings. The number of halogens is 1. The van der Waals surface area contributed by atoms with E-state index in [1.807, 2.05) is 12.1 Å². The van der Waals surface area contributed by atoms with E-state index in [0.717, 1.165) is 25.4 Å². The molecule has 1 saturated heterocycles. The third-order valence-corrected chi connectivity index (χ3v) is 3.18. The molecule has 1 atom stereocenters. The molecule has 1 aliphatic heterocycles. The Morgan fingerprint density at radius 3 is 2.79 bits per heavy atom. The van der Waals surface area contributed by atoms with Gasteiger partial charge in [-0.15, -0.1) is 0 Å². The van der Waals surface area contributed by atoms with Crippen molar-refractivity contribution in [3.8, 4) is 5.75 Å². The van der Waals surface area contributed by atoms with Gasteiger partial charge in [0.25, 0.3) is 0 Å². The van der Waals surface area contributed by atoms with Gasteiger partial charge in [-0.2, -0.15) is 0 Å². The fourth-order valence-electron chi connectivity index (χ4n) is 1.60. The Hall–Kier alpha value is -0.290. The van der Waals surface area contributed by atoms with Gasteiger partial charge in [-0.25, -0.2) is 0 Å². The third-order valence-electron chi connectivity index (χ3n) is 2.46. The van der Waals surface area contributed by atoms with Crippen molar-refractivity contribution in [3.05, 3.63) is 27.8 Å². The van der Waals surface area contributed by atoms with E-state index in [0.29, 0.717) is 5.92 Å². The SMILES string of the molecule is Ic1ccc(OC[C@H]2CCNC2)cc1. The van der Waals surface area contributed by atoms with Gasteiger partial charge in [0.1, 0.15) is 5.75 Å². The zero-order valence-corrected chi connectivity index (χ0v) is 10.2. The lowest BCUT2D eigenvalue weighted by Gasteiger charge is -2.10. The summed E-state index contributed by atoms with van der Waals surface area (Å²) in [6, 6.07) is 8.21. The average Bonchev–Trinajstić information content (AvgIpc) is 2.70. The summed E-state index contributed by atoms with van der Waals surface area (Å²) < 4.78 is 6.95. The Bertz CT molecular complexity index is 280. The van der Waals surface area contributed by atoms with Crippen molar-refractivity contribution in [2.75, 3.05) is 19.7 Å². The molecule has 14 heavy (non-hydrogen) atoms. The van der Waals surface area contributed by atoms with Crippen LogP contribution in [0.3, 0.4) is 0 Å². The topological polar surface area (TPSA) is 21.3 Å². The lowest BCUT2D eigenvalue weighted by Crippen LogP contribution is -2.15. The summed E-state index contributed by atoms with van der Waals surface area (Å²) in [6.07, 6.45) is 1.24. The Labute approximate surface area is 98.2 Å². The molecular formula is C11H14INO. The standard InChI is InChI=1S/C11H14INO/c12-10-1-3-11(4-2-10)14-8-9-5-6-13-7-9/h1-4,9,13H,5-8H2/t9-/m0/s1. The molecule has 2 rings (SSSR count). The normalized spacial score (nSPS) is 21.1. The Kier molecular flexibility index (Phi) is 3.64. The second kappa shape index (κ2) is 4.98. The molecule has 0 aromatic heterocycles. The number of hydrogen-bond acceptors (Lipinski definition) is 2. The molecule has 2 nitrogen and oxygen atoms in total. The van der Waals surface area contributed by atoms with Crippen LogP contribution >= 0.6 is 22.6 Å². The fraction of sp³-hybridized carbons (Fsp3) is 0.455. The van der Waals surface area contributed by atoms with Crippen LogP contribution in [-0.2, 0) is 0 Å². The first-order valence-electron chi connectivity index (χ1n) is 4.94. The summed E-state index contributed by atoms with van der Waals surface area (Å²) in [7, 11) is 0. The van der Waals surface area contributed by atoms with Gasteiger partial charge in [-0.3, -0.25) is 0 Å². The van der Waals surface area contributed by atoms with Gasteiger partial charge in [-0.1, -0.05) is 0 Å². The molecule has 1 N–H and O–H groups in total. The summed E-state index contributed by atoms with van der Waals surface area (Å²) in [5, 5.41) is 3.34. The maximum atomic E-state index is 5.70. The van der Waals surface area contributed by atoms with Crippen molar-refractivity contribution in [2.24, 2.45) is 5.92 Å². The first kappa shape index (κ1) is 10.2. The monoisotopic (exact) mass is 303 g/mol. The van der Waals surface area contributed by atoms with Gasteiger partial charge in [0, 0.05) is 16.0 Å². The number of hydrogen-bond donors (Lipinski definition) is 1. The molecule has 76 valence electrons. The van der Waals surface area contributed by atoms with E-state index < -0.39 is 0 Å². The number of ether oxygens (including phenoxy) is 1. The van der Waals surface area contributed by atoms with Crippen LogP contribution in [0, 0.1) is 9.49 Å². The van der Waals surface area contributed by atoms with Gasteiger partial charge in [0.15, 0.2) is 0 Å². The largest absolute Gasteiger partial charge is 0.493 e. The maximum absolute atomic E-state index is 5.70. The quantitative estimate of drug-likeness (QED) is 0.865. The molecule has 0 radical (unpaired) electrons. The van der Waals surface area contributed by atoms with Crippen LogP contribution in [0.25, 0.3) is 0 Å². The Morgan fingerprint density at radius 1 is 1.36 bits per heavy atom. The first-order valence-corrected chi connectivity index (χ1v) is 6.01. The molecule has 0 bridgehead atoms. The summed E-state index contributed by atoms with van der Waals surface area (Å²) in [5.41, 5.74) is 0. The molecule has 0 spiro atoms. The number of benzene rings is 1. The fourth-order valence-corrected chi connectivity index (χ4v) is 1.96. The van der Waals surface area contributed by atoms with Gasteiger partial charge in [0.2, 0.25) is 0 Å². The Balaban J connectivity index is 1.82. The van der Waals surface area contributed by atoms with Gasteiger partial charge in [-0.05, 0) is 59.8 Å². The van der Waals surface area contributed by atoms with E-state index in [1.54, 1.807) is 0 Å². The van der Waals surface area contributed by atoms with E-state index >= 15 is 0 Å². The maximum Gasteiger partial charge on any atom is 0.119 e. The van der Waals surface area contributed by atoms with Crippen LogP contribution in [-0.4, -0.2) is 19.7 Å². The van der Waals surface area contributed by atoms with E-state index in [2.05, 4.69) is 40.0 Å². The van der Waals surface area contributed by atoms with Crippen LogP contribution < -0.4 is 10.1 Å². The molecule has 0 unspecified atom stereocenters. The number of nitrogens with one attached hydrogen (secondary N) is 1. The lowest BCUT2D eigenvalue weighted by molar-refractivity contribution is 0.260. The Morgan fingerprint density at radius 2 is 2.14 bits per heavy atom.